The van der Waals surface area contributed by atoms with Crippen molar-refractivity contribution in [2.24, 2.45) is 0 Å². The van der Waals surface area contributed by atoms with E-state index in [0.717, 1.165) is 0 Å². The van der Waals surface area contributed by atoms with Gasteiger partial charge in [-0.2, -0.15) is 0 Å². The number of hydrogen-bond acceptors (Lipinski definition) is 4. The van der Waals surface area contributed by atoms with Crippen molar-refractivity contribution in [2.45, 2.75) is 19.0 Å². The maximum atomic E-state index is 13.8. The zero-order valence-electron chi connectivity index (χ0n) is 17.3. The third-order valence-electron chi connectivity index (χ3n) is 5.44. The van der Waals surface area contributed by atoms with E-state index in [4.69, 9.17) is 4.42 Å². The maximum absolute atomic E-state index is 13.8. The Labute approximate surface area is 184 Å². The topological polar surface area (TPSA) is 94.9 Å². The van der Waals surface area contributed by atoms with E-state index in [1.165, 1.54) is 34.3 Å². The minimum Gasteiger partial charge on any atom is -0.467 e. The van der Waals surface area contributed by atoms with E-state index in [1.807, 2.05) is 0 Å². The van der Waals surface area contributed by atoms with Gasteiger partial charge in [0.2, 0.25) is 5.91 Å². The summed E-state index contributed by atoms with van der Waals surface area (Å²) < 4.78 is 19.0. The lowest BCUT2D eigenvalue weighted by atomic mass is 9.95. The molecule has 1 unspecified atom stereocenters. The normalized spacial score (nSPS) is 18.0. The molecule has 32 heavy (non-hydrogen) atoms. The molecule has 0 radical (unpaired) electrons. The van der Waals surface area contributed by atoms with Gasteiger partial charge < -0.3 is 20.0 Å². The smallest absolute Gasteiger partial charge is 0.322 e. The monoisotopic (exact) mass is 438 g/mol. The Hall–Kier alpha value is -3.88. The predicted octanol–water partition coefficient (Wildman–Crippen LogP) is 2.47. The standard InChI is InChI=1S/C23H23FN4O4/c1-2-9-28-18-14-27(10-8-19(29)25-13-17-7-4-11-32-17)22(30)20(18)21(26-23(28)31)15-5-3-6-16(24)12-15/h2-7,11-12,21H,1,8-10,13-14H2,(H,25,29)(H,26,31). The van der Waals surface area contributed by atoms with Crippen LogP contribution in [0.25, 0.3) is 0 Å². The first-order valence-electron chi connectivity index (χ1n) is 10.2. The lowest BCUT2D eigenvalue weighted by Crippen LogP contribution is -2.47. The summed E-state index contributed by atoms with van der Waals surface area (Å²) in [7, 11) is 0. The number of urea groups is 1. The van der Waals surface area contributed by atoms with Gasteiger partial charge in [0, 0.05) is 19.5 Å². The van der Waals surface area contributed by atoms with Gasteiger partial charge in [-0.15, -0.1) is 6.58 Å². The number of halogens is 1. The van der Waals surface area contributed by atoms with E-state index in [2.05, 4.69) is 17.2 Å². The Morgan fingerprint density at radius 2 is 2.16 bits per heavy atom. The molecule has 1 aromatic heterocycles. The molecule has 4 rings (SSSR count). The van der Waals surface area contributed by atoms with Gasteiger partial charge in [-0.25, -0.2) is 9.18 Å². The van der Waals surface area contributed by atoms with Crippen LogP contribution in [0.2, 0.25) is 0 Å². The summed E-state index contributed by atoms with van der Waals surface area (Å²) in [5, 5.41) is 5.54. The summed E-state index contributed by atoms with van der Waals surface area (Å²) in [5.74, 6) is -0.335. The van der Waals surface area contributed by atoms with Crippen LogP contribution in [0.4, 0.5) is 9.18 Å². The Morgan fingerprint density at radius 1 is 1.31 bits per heavy atom. The highest BCUT2D eigenvalue weighted by Crippen LogP contribution is 2.36. The van der Waals surface area contributed by atoms with Crippen molar-refractivity contribution in [1.29, 1.82) is 0 Å². The van der Waals surface area contributed by atoms with Crippen LogP contribution < -0.4 is 10.6 Å². The highest BCUT2D eigenvalue weighted by Gasteiger charge is 2.43. The molecule has 2 N–H and O–H groups in total. The fourth-order valence-corrected chi connectivity index (χ4v) is 3.91. The summed E-state index contributed by atoms with van der Waals surface area (Å²) in [6.45, 7) is 4.54. The van der Waals surface area contributed by atoms with E-state index >= 15 is 0 Å². The second-order valence-electron chi connectivity index (χ2n) is 7.53. The molecular weight excluding hydrogens is 415 g/mol. The Balaban J connectivity index is 1.49. The van der Waals surface area contributed by atoms with E-state index in [9.17, 15) is 18.8 Å². The first kappa shape index (κ1) is 21.4. The van der Waals surface area contributed by atoms with Crippen LogP contribution in [0, 0.1) is 5.82 Å². The molecule has 1 aromatic carbocycles. The number of rotatable bonds is 8. The maximum Gasteiger partial charge on any atom is 0.322 e. The number of carbonyl (C=O) groups excluding carboxylic acids is 3. The summed E-state index contributed by atoms with van der Waals surface area (Å²) in [5.41, 5.74) is 1.41. The minimum atomic E-state index is -0.764. The van der Waals surface area contributed by atoms with Crippen LogP contribution in [0.15, 0.2) is 71.0 Å². The van der Waals surface area contributed by atoms with Crippen LogP contribution in [-0.2, 0) is 16.1 Å². The van der Waals surface area contributed by atoms with Crippen molar-refractivity contribution < 1.29 is 23.2 Å². The lowest BCUT2D eigenvalue weighted by molar-refractivity contribution is -0.127. The van der Waals surface area contributed by atoms with E-state index < -0.39 is 11.9 Å². The third kappa shape index (κ3) is 4.27. The molecule has 9 heteroatoms. The fourth-order valence-electron chi connectivity index (χ4n) is 3.91. The molecule has 166 valence electrons. The molecule has 4 amide bonds. The van der Waals surface area contributed by atoms with Gasteiger partial charge >= 0.3 is 6.03 Å². The molecule has 0 fully saturated rings. The van der Waals surface area contributed by atoms with Crippen LogP contribution in [0.1, 0.15) is 23.8 Å². The second-order valence-corrected chi connectivity index (χ2v) is 7.53. The third-order valence-corrected chi connectivity index (χ3v) is 5.44. The molecular formula is C23H23FN4O4. The van der Waals surface area contributed by atoms with Crippen LogP contribution in [0.5, 0.6) is 0 Å². The Kier molecular flexibility index (Phi) is 6.07. The summed E-state index contributed by atoms with van der Waals surface area (Å²) in [4.78, 5) is 41.2. The van der Waals surface area contributed by atoms with Gasteiger partial charge in [-0.05, 0) is 29.8 Å². The van der Waals surface area contributed by atoms with Crippen LogP contribution in [-0.4, -0.2) is 47.3 Å². The number of amides is 4. The van der Waals surface area contributed by atoms with Gasteiger partial charge in [0.25, 0.3) is 5.91 Å². The van der Waals surface area contributed by atoms with E-state index in [1.54, 1.807) is 24.3 Å². The van der Waals surface area contributed by atoms with Crippen molar-refractivity contribution in [3.8, 4) is 0 Å². The van der Waals surface area contributed by atoms with E-state index in [-0.39, 0.29) is 50.4 Å². The highest BCUT2D eigenvalue weighted by molar-refractivity contribution is 6.01. The fraction of sp³-hybridized carbons (Fsp3) is 0.261. The van der Waals surface area contributed by atoms with Crippen molar-refractivity contribution in [3.63, 3.8) is 0 Å². The molecule has 1 atom stereocenters. The average molecular weight is 438 g/mol. The van der Waals surface area contributed by atoms with Gasteiger partial charge in [0.05, 0.1) is 36.7 Å². The molecule has 2 aromatic rings. The van der Waals surface area contributed by atoms with Crippen molar-refractivity contribution >= 4 is 17.8 Å². The number of hydrogen-bond donors (Lipinski definition) is 2. The summed E-state index contributed by atoms with van der Waals surface area (Å²) in [6, 6.07) is 8.15. The van der Waals surface area contributed by atoms with Gasteiger partial charge in [-0.1, -0.05) is 18.2 Å². The first-order valence-corrected chi connectivity index (χ1v) is 10.2. The number of carbonyl (C=O) groups is 3. The number of nitrogens with zero attached hydrogens (tertiary/aromatic N) is 2. The molecule has 0 saturated heterocycles. The number of furan rings is 1. The summed E-state index contributed by atoms with van der Waals surface area (Å²) in [6.07, 6.45) is 3.20. The van der Waals surface area contributed by atoms with Crippen LogP contribution >= 0.6 is 0 Å². The summed E-state index contributed by atoms with van der Waals surface area (Å²) >= 11 is 0. The molecule has 0 saturated carbocycles. The molecule has 2 aliphatic rings. The largest absolute Gasteiger partial charge is 0.467 e. The van der Waals surface area contributed by atoms with E-state index in [0.29, 0.717) is 22.6 Å². The van der Waals surface area contributed by atoms with Crippen molar-refractivity contribution in [3.05, 3.63) is 83.7 Å². The lowest BCUT2D eigenvalue weighted by Gasteiger charge is -2.33. The first-order chi connectivity index (χ1) is 15.5. The number of nitrogens with one attached hydrogen (secondary N) is 2. The molecule has 0 aliphatic carbocycles. The zero-order chi connectivity index (χ0) is 22.7. The predicted molar refractivity (Wildman–Crippen MR) is 113 cm³/mol. The van der Waals surface area contributed by atoms with Gasteiger partial charge in [0.15, 0.2) is 0 Å². The average Bonchev–Trinajstić information content (AvgIpc) is 3.41. The van der Waals surface area contributed by atoms with Crippen LogP contribution in [0.3, 0.4) is 0 Å². The Morgan fingerprint density at radius 3 is 2.88 bits per heavy atom. The number of benzene rings is 1. The minimum absolute atomic E-state index is 0.0977. The quantitative estimate of drug-likeness (QED) is 0.619. The molecule has 8 nitrogen and oxygen atoms in total. The molecule has 0 spiro atoms. The molecule has 3 heterocycles. The second kappa shape index (κ2) is 9.09. The SMILES string of the molecule is C=CCN1C(=O)NC(c2cccc(F)c2)C2=C1CN(CCC(=O)NCc1ccco1)C2=O. The van der Waals surface area contributed by atoms with Gasteiger partial charge in [-0.3, -0.25) is 14.5 Å². The molecule has 0 bridgehead atoms. The zero-order valence-corrected chi connectivity index (χ0v) is 17.3. The Bertz CT molecular complexity index is 1080. The van der Waals surface area contributed by atoms with Gasteiger partial charge in [0.1, 0.15) is 11.6 Å². The van der Waals surface area contributed by atoms with Crippen molar-refractivity contribution in [2.75, 3.05) is 19.6 Å². The molecule has 2 aliphatic heterocycles. The van der Waals surface area contributed by atoms with Crippen molar-refractivity contribution in [1.82, 2.24) is 20.4 Å². The highest BCUT2D eigenvalue weighted by atomic mass is 19.1.